The molecule has 0 aromatic heterocycles. The van der Waals surface area contributed by atoms with Gasteiger partial charge in [-0.25, -0.2) is 0 Å². The highest BCUT2D eigenvalue weighted by Gasteiger charge is 2.35. The summed E-state index contributed by atoms with van der Waals surface area (Å²) in [5, 5.41) is 5.75. The molecule has 3 heterocycles. The van der Waals surface area contributed by atoms with Gasteiger partial charge < -0.3 is 29.6 Å². The van der Waals surface area contributed by atoms with Crippen molar-refractivity contribution in [2.75, 3.05) is 26.4 Å². The first kappa shape index (κ1) is 20.8. The van der Waals surface area contributed by atoms with Crippen molar-refractivity contribution in [3.8, 4) is 11.5 Å². The second kappa shape index (κ2) is 9.18. The monoisotopic (exact) mass is 438 g/mol. The van der Waals surface area contributed by atoms with E-state index in [2.05, 4.69) is 10.6 Å². The van der Waals surface area contributed by atoms with Gasteiger partial charge in [-0.15, -0.1) is 0 Å². The predicted molar refractivity (Wildman–Crippen MR) is 115 cm³/mol. The molecule has 4 atom stereocenters. The van der Waals surface area contributed by atoms with E-state index in [-0.39, 0.29) is 24.0 Å². The topological polar surface area (TPSA) is 102 Å². The van der Waals surface area contributed by atoms with Crippen molar-refractivity contribution in [3.63, 3.8) is 0 Å². The quantitative estimate of drug-likeness (QED) is 0.537. The molecular formula is C24H26N2O6. The third-order valence-electron chi connectivity index (χ3n) is 5.71. The van der Waals surface area contributed by atoms with Gasteiger partial charge in [0.15, 0.2) is 0 Å². The Morgan fingerprint density at radius 1 is 0.719 bits per heavy atom. The fourth-order valence-electron chi connectivity index (χ4n) is 3.72. The van der Waals surface area contributed by atoms with Gasteiger partial charge in [-0.05, 0) is 23.3 Å². The highest BCUT2D eigenvalue weighted by Crippen LogP contribution is 2.24. The Morgan fingerprint density at radius 3 is 1.53 bits per heavy atom. The number of benzene rings is 2. The van der Waals surface area contributed by atoms with E-state index in [4.69, 9.17) is 18.9 Å². The molecule has 2 aromatic rings. The largest absolute Gasteiger partial charge is 0.491 e. The number of hydrogen-bond donors (Lipinski definition) is 2. The highest BCUT2D eigenvalue weighted by molar-refractivity contribution is 5.97. The van der Waals surface area contributed by atoms with Gasteiger partial charge in [0.25, 0.3) is 0 Å². The summed E-state index contributed by atoms with van der Waals surface area (Å²) in [6.45, 7) is 2.40. The molecule has 0 aliphatic carbocycles. The van der Waals surface area contributed by atoms with E-state index in [1.54, 1.807) is 0 Å². The van der Waals surface area contributed by atoms with Crippen LogP contribution in [0.1, 0.15) is 11.1 Å². The summed E-state index contributed by atoms with van der Waals surface area (Å²) in [5.74, 6) is 0.996. The number of piperazine rings is 1. The third-order valence-corrected chi connectivity index (χ3v) is 5.71. The van der Waals surface area contributed by atoms with Gasteiger partial charge >= 0.3 is 0 Å². The highest BCUT2D eigenvalue weighted by atomic mass is 16.6. The van der Waals surface area contributed by atoms with E-state index in [9.17, 15) is 9.59 Å². The number of nitrogens with one attached hydrogen (secondary N) is 2. The Kier molecular flexibility index (Phi) is 5.96. The number of epoxide rings is 2. The molecule has 0 spiro atoms. The lowest BCUT2D eigenvalue weighted by Crippen LogP contribution is -2.62. The van der Waals surface area contributed by atoms with Crippen molar-refractivity contribution in [1.82, 2.24) is 10.6 Å². The van der Waals surface area contributed by atoms with Crippen LogP contribution in [0.3, 0.4) is 0 Å². The molecule has 2 N–H and O–H groups in total. The van der Waals surface area contributed by atoms with Gasteiger partial charge in [0.05, 0.1) is 13.2 Å². The zero-order chi connectivity index (χ0) is 21.9. The van der Waals surface area contributed by atoms with Gasteiger partial charge in [-0.2, -0.15) is 0 Å². The third kappa shape index (κ3) is 5.20. The van der Waals surface area contributed by atoms with E-state index in [0.717, 1.165) is 11.1 Å². The minimum atomic E-state index is -0.654. The smallest absolute Gasteiger partial charge is 0.243 e. The summed E-state index contributed by atoms with van der Waals surface area (Å²) in [5.41, 5.74) is 1.74. The fourth-order valence-corrected chi connectivity index (χ4v) is 3.72. The van der Waals surface area contributed by atoms with Crippen molar-refractivity contribution in [2.24, 2.45) is 0 Å². The van der Waals surface area contributed by atoms with Crippen LogP contribution in [0.4, 0.5) is 0 Å². The molecule has 5 rings (SSSR count). The van der Waals surface area contributed by atoms with Crippen LogP contribution in [-0.2, 0) is 31.9 Å². The van der Waals surface area contributed by atoms with Crippen LogP contribution < -0.4 is 20.1 Å². The first-order valence-electron chi connectivity index (χ1n) is 10.9. The Labute approximate surface area is 186 Å². The molecular weight excluding hydrogens is 412 g/mol. The SMILES string of the molecule is O=C1N[C@H](Cc2ccccc2OCC2CO2)C(=O)N[C@H]1Cc1ccccc1OCC1CO1. The predicted octanol–water partition coefficient (Wildman–Crippen LogP) is 1.01. The minimum Gasteiger partial charge on any atom is -0.491 e. The maximum atomic E-state index is 12.8. The van der Waals surface area contributed by atoms with Crippen LogP contribution in [0.5, 0.6) is 11.5 Å². The number of hydrogen-bond acceptors (Lipinski definition) is 6. The first-order chi connectivity index (χ1) is 15.7. The minimum absolute atomic E-state index is 0.144. The standard InChI is InChI=1S/C24H26N2O6/c27-23-19(9-15-5-1-3-7-21(15)31-13-17-11-29-17)25-24(28)20(26-23)10-16-6-2-4-8-22(16)32-14-18-12-30-18/h1-8,17-20H,9-14H2,(H,25,28)(H,26,27)/t17?,18?,19-,20+. The Hall–Kier alpha value is -3.10. The molecule has 32 heavy (non-hydrogen) atoms. The lowest BCUT2D eigenvalue weighted by Gasteiger charge is -2.30. The van der Waals surface area contributed by atoms with Crippen molar-refractivity contribution < 1.29 is 28.5 Å². The van der Waals surface area contributed by atoms with Crippen molar-refractivity contribution in [1.29, 1.82) is 0 Å². The van der Waals surface area contributed by atoms with Crippen LogP contribution in [0.2, 0.25) is 0 Å². The molecule has 0 saturated carbocycles. The second-order valence-corrected chi connectivity index (χ2v) is 8.28. The molecule has 3 saturated heterocycles. The molecule has 3 aliphatic rings. The molecule has 0 bridgehead atoms. The summed E-state index contributed by atoms with van der Waals surface area (Å²) >= 11 is 0. The number of para-hydroxylation sites is 2. The summed E-state index contributed by atoms with van der Waals surface area (Å²) in [6, 6.07) is 13.8. The van der Waals surface area contributed by atoms with Crippen LogP contribution >= 0.6 is 0 Å². The van der Waals surface area contributed by atoms with Crippen molar-refractivity contribution in [3.05, 3.63) is 59.7 Å². The summed E-state index contributed by atoms with van der Waals surface area (Å²) in [7, 11) is 0. The molecule has 0 radical (unpaired) electrons. The van der Waals surface area contributed by atoms with Gasteiger partial charge in [0.1, 0.15) is 49.0 Å². The molecule has 2 aromatic carbocycles. The van der Waals surface area contributed by atoms with Gasteiger partial charge in [-0.3, -0.25) is 9.59 Å². The molecule has 8 heteroatoms. The fraction of sp³-hybridized carbons (Fsp3) is 0.417. The number of carbonyl (C=O) groups is 2. The van der Waals surface area contributed by atoms with E-state index < -0.39 is 12.1 Å². The maximum absolute atomic E-state index is 12.8. The van der Waals surface area contributed by atoms with Crippen LogP contribution in [0.15, 0.2) is 48.5 Å². The van der Waals surface area contributed by atoms with E-state index in [0.29, 0.717) is 50.8 Å². The summed E-state index contributed by atoms with van der Waals surface area (Å²) in [4.78, 5) is 25.6. The molecule has 168 valence electrons. The number of amides is 2. The molecule has 3 fully saturated rings. The van der Waals surface area contributed by atoms with Gasteiger partial charge in [-0.1, -0.05) is 36.4 Å². The summed E-state index contributed by atoms with van der Waals surface area (Å²) in [6.07, 6.45) is 0.996. The van der Waals surface area contributed by atoms with Gasteiger partial charge in [0, 0.05) is 12.8 Å². The van der Waals surface area contributed by atoms with Crippen LogP contribution in [0.25, 0.3) is 0 Å². The average Bonchev–Trinajstić information content (AvgIpc) is 3.71. The van der Waals surface area contributed by atoms with Crippen LogP contribution in [-0.4, -0.2) is 62.5 Å². The normalized spacial score (nSPS) is 26.1. The van der Waals surface area contributed by atoms with E-state index in [1.165, 1.54) is 0 Å². The lowest BCUT2D eigenvalue weighted by atomic mass is 9.98. The molecule has 3 aliphatic heterocycles. The van der Waals surface area contributed by atoms with Crippen molar-refractivity contribution >= 4 is 11.8 Å². The Morgan fingerprint density at radius 2 is 1.12 bits per heavy atom. The zero-order valence-electron chi connectivity index (χ0n) is 17.6. The number of carbonyl (C=O) groups excluding carboxylic acids is 2. The lowest BCUT2D eigenvalue weighted by molar-refractivity contribution is -0.136. The maximum Gasteiger partial charge on any atom is 0.243 e. The molecule has 2 unspecified atom stereocenters. The second-order valence-electron chi connectivity index (χ2n) is 8.28. The Balaban J connectivity index is 1.21. The number of rotatable bonds is 10. The average molecular weight is 438 g/mol. The molecule has 2 amide bonds. The van der Waals surface area contributed by atoms with E-state index >= 15 is 0 Å². The Bertz CT molecular complexity index is 908. The van der Waals surface area contributed by atoms with Gasteiger partial charge in [0.2, 0.25) is 11.8 Å². The number of ether oxygens (including phenoxy) is 4. The van der Waals surface area contributed by atoms with Crippen LogP contribution in [0, 0.1) is 0 Å². The summed E-state index contributed by atoms with van der Waals surface area (Å²) < 4.78 is 22.0. The first-order valence-corrected chi connectivity index (χ1v) is 10.9. The zero-order valence-corrected chi connectivity index (χ0v) is 17.6. The van der Waals surface area contributed by atoms with E-state index in [1.807, 2.05) is 48.5 Å². The molecule has 8 nitrogen and oxygen atoms in total. The van der Waals surface area contributed by atoms with Crippen molar-refractivity contribution in [2.45, 2.75) is 37.1 Å².